The number of alkyl halides is 2. The highest BCUT2D eigenvalue weighted by molar-refractivity contribution is 7.89. The molecule has 2 aromatic carbocycles. The zero-order valence-electron chi connectivity index (χ0n) is 17.1. The van der Waals surface area contributed by atoms with E-state index in [4.69, 9.17) is 4.74 Å². The number of ether oxygens (including phenoxy) is 2. The van der Waals surface area contributed by atoms with E-state index in [0.717, 1.165) is 18.2 Å². The van der Waals surface area contributed by atoms with Gasteiger partial charge >= 0.3 is 12.6 Å². The fourth-order valence-electron chi connectivity index (χ4n) is 2.49. The summed E-state index contributed by atoms with van der Waals surface area (Å²) in [6, 6.07) is 8.48. The van der Waals surface area contributed by atoms with Gasteiger partial charge in [-0.3, -0.25) is 14.9 Å². The smallest absolute Gasteiger partial charge is 0.387 e. The number of hydrogen-bond donors (Lipinski definition) is 2. The van der Waals surface area contributed by atoms with Crippen molar-refractivity contribution in [1.82, 2.24) is 10.0 Å². The summed E-state index contributed by atoms with van der Waals surface area (Å²) in [6.07, 6.45) is 0. The molecule has 0 atom stereocenters. The highest BCUT2D eigenvalue weighted by atomic mass is 32.2. The lowest BCUT2D eigenvalue weighted by atomic mass is 10.1. The number of imide groups is 1. The number of nitrogens with one attached hydrogen (secondary N) is 2. The summed E-state index contributed by atoms with van der Waals surface area (Å²) >= 11 is 0. The summed E-state index contributed by atoms with van der Waals surface area (Å²) < 4.78 is 59.8. The normalized spacial score (nSPS) is 11.2. The van der Waals surface area contributed by atoms with Crippen LogP contribution in [0.3, 0.4) is 0 Å². The fraction of sp³-hybridized carbons (Fsp3) is 0.250. The number of halogens is 2. The predicted octanol–water partition coefficient (Wildman–Crippen LogP) is 2.01. The molecular weight excluding hydrogens is 450 g/mol. The van der Waals surface area contributed by atoms with E-state index in [1.807, 2.05) is 5.32 Å². The third kappa shape index (κ3) is 6.82. The van der Waals surface area contributed by atoms with Gasteiger partial charge in [-0.05, 0) is 48.9 Å². The number of hydrogen-bond acceptors (Lipinski definition) is 7. The van der Waals surface area contributed by atoms with E-state index in [0.29, 0.717) is 5.56 Å². The van der Waals surface area contributed by atoms with Crippen molar-refractivity contribution in [2.45, 2.75) is 25.4 Å². The van der Waals surface area contributed by atoms with Crippen LogP contribution in [-0.2, 0) is 19.6 Å². The van der Waals surface area contributed by atoms with Crippen LogP contribution in [0, 0.1) is 6.92 Å². The highest BCUT2D eigenvalue weighted by Gasteiger charge is 2.19. The minimum absolute atomic E-state index is 0.0107. The molecule has 12 heteroatoms. The van der Waals surface area contributed by atoms with Gasteiger partial charge in [0.05, 0.1) is 10.5 Å². The van der Waals surface area contributed by atoms with Crippen LogP contribution in [-0.4, -0.2) is 46.0 Å². The number of carbonyl (C=O) groups is 3. The van der Waals surface area contributed by atoms with E-state index >= 15 is 0 Å². The molecule has 32 heavy (non-hydrogen) atoms. The first-order valence-electron chi connectivity index (χ1n) is 9.20. The predicted molar refractivity (Wildman–Crippen MR) is 108 cm³/mol. The van der Waals surface area contributed by atoms with Crippen LogP contribution in [0.2, 0.25) is 0 Å². The molecular formula is C20H20F2N2O7S. The average Bonchev–Trinajstić information content (AvgIpc) is 2.72. The lowest BCUT2D eigenvalue weighted by molar-refractivity contribution is -0.123. The van der Waals surface area contributed by atoms with Gasteiger partial charge in [-0.15, -0.1) is 0 Å². The zero-order chi connectivity index (χ0) is 23.9. The molecule has 0 spiro atoms. The van der Waals surface area contributed by atoms with Crippen LogP contribution in [0.1, 0.15) is 33.2 Å². The lowest BCUT2D eigenvalue weighted by Gasteiger charge is -2.10. The lowest BCUT2D eigenvalue weighted by Crippen LogP contribution is -2.34. The molecule has 0 unspecified atom stereocenters. The summed E-state index contributed by atoms with van der Waals surface area (Å²) in [5.74, 6) is -2.90. The van der Waals surface area contributed by atoms with Crippen LogP contribution >= 0.6 is 0 Å². The van der Waals surface area contributed by atoms with Gasteiger partial charge in [-0.2, -0.15) is 8.78 Å². The Bertz CT molecular complexity index is 1100. The Morgan fingerprint density at radius 1 is 1.06 bits per heavy atom. The van der Waals surface area contributed by atoms with Crippen molar-refractivity contribution >= 4 is 27.8 Å². The molecule has 0 bridgehead atoms. The molecule has 0 heterocycles. The van der Waals surface area contributed by atoms with Crippen molar-refractivity contribution in [3.63, 3.8) is 0 Å². The van der Waals surface area contributed by atoms with Crippen molar-refractivity contribution in [3.8, 4) is 5.75 Å². The quantitative estimate of drug-likeness (QED) is 0.537. The van der Waals surface area contributed by atoms with Crippen LogP contribution in [0.4, 0.5) is 8.78 Å². The number of rotatable bonds is 9. The monoisotopic (exact) mass is 470 g/mol. The molecule has 2 rings (SSSR count). The van der Waals surface area contributed by atoms with E-state index in [2.05, 4.69) is 9.46 Å². The number of sulfonamides is 1. The first-order chi connectivity index (χ1) is 15.0. The summed E-state index contributed by atoms with van der Waals surface area (Å²) in [7, 11) is -3.80. The largest absolute Gasteiger partial charge is 0.452 e. The first-order valence-corrected chi connectivity index (χ1v) is 10.7. The third-order valence-electron chi connectivity index (χ3n) is 4.00. The molecule has 0 aliphatic carbocycles. The Balaban J connectivity index is 1.98. The van der Waals surface area contributed by atoms with Crippen molar-refractivity contribution in [2.24, 2.45) is 0 Å². The molecule has 0 aliphatic rings. The summed E-state index contributed by atoms with van der Waals surface area (Å²) in [5.41, 5.74) is 0.356. The van der Waals surface area contributed by atoms with Crippen molar-refractivity contribution in [1.29, 1.82) is 0 Å². The van der Waals surface area contributed by atoms with Gasteiger partial charge in [0.25, 0.3) is 11.8 Å². The molecule has 0 radical (unpaired) electrons. The molecule has 0 aliphatic heterocycles. The molecule has 172 valence electrons. The minimum atomic E-state index is -3.80. The number of benzene rings is 2. The van der Waals surface area contributed by atoms with Crippen molar-refractivity contribution in [2.75, 3.05) is 13.2 Å². The topological polar surface area (TPSA) is 128 Å². The maximum atomic E-state index is 12.3. The highest BCUT2D eigenvalue weighted by Crippen LogP contribution is 2.17. The molecule has 0 fully saturated rings. The average molecular weight is 470 g/mol. The Morgan fingerprint density at radius 3 is 2.31 bits per heavy atom. The van der Waals surface area contributed by atoms with E-state index < -0.39 is 41.0 Å². The Labute approximate surface area is 182 Å². The van der Waals surface area contributed by atoms with Crippen LogP contribution in [0.5, 0.6) is 5.75 Å². The second-order valence-electron chi connectivity index (χ2n) is 6.33. The minimum Gasteiger partial charge on any atom is -0.452 e. The standard InChI is InChI=1S/C20H20F2N2O7S/c1-3-23-32(28,29)15-9-4-12(2)16(10-15)19(27)30-11-17(25)24-18(26)13-5-7-14(8-6-13)31-20(21)22/h4-10,20,23H,3,11H2,1-2H3,(H,24,25,26). The molecule has 2 amide bonds. The molecule has 0 saturated carbocycles. The fourth-order valence-corrected chi connectivity index (χ4v) is 3.56. The van der Waals surface area contributed by atoms with Gasteiger partial charge < -0.3 is 9.47 Å². The Kier molecular flexibility index (Phi) is 8.38. The zero-order valence-corrected chi connectivity index (χ0v) is 17.9. The SMILES string of the molecule is CCNS(=O)(=O)c1ccc(C)c(C(=O)OCC(=O)NC(=O)c2ccc(OC(F)F)cc2)c1. The molecule has 2 N–H and O–H groups in total. The number of esters is 1. The van der Waals surface area contributed by atoms with E-state index in [1.165, 1.54) is 24.3 Å². The van der Waals surface area contributed by atoms with E-state index in [9.17, 15) is 31.6 Å². The Morgan fingerprint density at radius 2 is 1.72 bits per heavy atom. The number of aryl methyl sites for hydroxylation is 1. The second-order valence-corrected chi connectivity index (χ2v) is 8.10. The van der Waals surface area contributed by atoms with Gasteiger partial charge in [-0.25, -0.2) is 17.9 Å². The van der Waals surface area contributed by atoms with Crippen LogP contribution in [0.25, 0.3) is 0 Å². The Hall–Kier alpha value is -3.38. The molecule has 2 aromatic rings. The van der Waals surface area contributed by atoms with Crippen LogP contribution in [0.15, 0.2) is 47.4 Å². The first kappa shape index (κ1) is 24.9. The summed E-state index contributed by atoms with van der Waals surface area (Å²) in [5, 5.41) is 1.98. The molecule has 9 nitrogen and oxygen atoms in total. The van der Waals surface area contributed by atoms with Gasteiger partial charge in [0.1, 0.15) is 5.75 Å². The maximum absolute atomic E-state index is 12.3. The van der Waals surface area contributed by atoms with Gasteiger partial charge in [0.2, 0.25) is 10.0 Å². The van der Waals surface area contributed by atoms with E-state index in [1.54, 1.807) is 13.8 Å². The molecule has 0 saturated heterocycles. The summed E-state index contributed by atoms with van der Waals surface area (Å²) in [6.45, 7) is -0.497. The van der Waals surface area contributed by atoms with Gasteiger partial charge in [0, 0.05) is 12.1 Å². The third-order valence-corrected chi connectivity index (χ3v) is 5.55. The van der Waals surface area contributed by atoms with E-state index in [-0.39, 0.29) is 28.3 Å². The number of amides is 2. The van der Waals surface area contributed by atoms with Crippen molar-refractivity contribution in [3.05, 3.63) is 59.2 Å². The maximum Gasteiger partial charge on any atom is 0.387 e. The van der Waals surface area contributed by atoms with Gasteiger partial charge in [-0.1, -0.05) is 13.0 Å². The summed E-state index contributed by atoms with van der Waals surface area (Å²) in [4.78, 5) is 36.1. The van der Waals surface area contributed by atoms with Crippen molar-refractivity contribution < 1.29 is 41.1 Å². The van der Waals surface area contributed by atoms with Gasteiger partial charge in [0.15, 0.2) is 6.61 Å². The van der Waals surface area contributed by atoms with Crippen LogP contribution < -0.4 is 14.8 Å². The number of carbonyl (C=O) groups excluding carboxylic acids is 3. The second kappa shape index (κ2) is 10.8. The molecule has 0 aromatic heterocycles.